The largest absolute Gasteiger partial charge is 0.506 e. The number of hydrogen-bond acceptors (Lipinski definition) is 5. The van der Waals surface area contributed by atoms with Crippen LogP contribution in [0.15, 0.2) is 30.3 Å². The van der Waals surface area contributed by atoms with Crippen LogP contribution >= 0.6 is 0 Å². The van der Waals surface area contributed by atoms with E-state index in [1.807, 2.05) is 0 Å². The molecule has 2 unspecified atom stereocenters. The molecular formula is C19H16F2N4O4. The van der Waals surface area contributed by atoms with Crippen LogP contribution in [0.3, 0.4) is 0 Å². The smallest absolute Gasteiger partial charge is 0.319 e. The molecule has 0 spiro atoms. The SMILES string of the molecule is COc1cc(F)c(C2CNC(=O)C2NC(=O)Nc2ccc(C#N)c(O)c2)c(F)c1. The lowest BCUT2D eigenvalue weighted by Gasteiger charge is -2.20. The minimum absolute atomic E-state index is 0.0103. The van der Waals surface area contributed by atoms with Crippen molar-refractivity contribution in [3.05, 3.63) is 53.1 Å². The lowest BCUT2D eigenvalue weighted by Crippen LogP contribution is -2.45. The summed E-state index contributed by atoms with van der Waals surface area (Å²) in [5.74, 6) is -3.70. The van der Waals surface area contributed by atoms with Crippen molar-refractivity contribution in [2.75, 3.05) is 19.0 Å². The zero-order chi connectivity index (χ0) is 21.1. The van der Waals surface area contributed by atoms with E-state index in [2.05, 4.69) is 16.0 Å². The number of amides is 3. The Morgan fingerprint density at radius 2 is 2.00 bits per heavy atom. The second-order valence-electron chi connectivity index (χ2n) is 6.28. The highest BCUT2D eigenvalue weighted by Crippen LogP contribution is 2.31. The number of phenolic OH excluding ortho intramolecular Hbond substituents is 1. The minimum atomic E-state index is -1.22. The summed E-state index contributed by atoms with van der Waals surface area (Å²) < 4.78 is 33.6. The number of nitrogens with one attached hydrogen (secondary N) is 3. The molecular weight excluding hydrogens is 386 g/mol. The van der Waals surface area contributed by atoms with Crippen molar-refractivity contribution in [1.82, 2.24) is 10.6 Å². The third kappa shape index (κ3) is 4.03. The van der Waals surface area contributed by atoms with Gasteiger partial charge in [-0.3, -0.25) is 4.79 Å². The van der Waals surface area contributed by atoms with Crippen LogP contribution < -0.4 is 20.7 Å². The highest BCUT2D eigenvalue weighted by atomic mass is 19.1. The zero-order valence-electron chi connectivity index (χ0n) is 15.1. The Balaban J connectivity index is 1.79. The van der Waals surface area contributed by atoms with E-state index in [4.69, 9.17) is 10.00 Å². The molecule has 3 amide bonds. The van der Waals surface area contributed by atoms with Crippen LogP contribution in [0.5, 0.6) is 11.5 Å². The summed E-state index contributed by atoms with van der Waals surface area (Å²) in [5, 5.41) is 25.7. The number of urea groups is 1. The molecule has 1 fully saturated rings. The van der Waals surface area contributed by atoms with Crippen LogP contribution in [-0.2, 0) is 4.79 Å². The Hall–Kier alpha value is -3.87. The normalized spacial score (nSPS) is 17.9. The Labute approximate surface area is 164 Å². The van der Waals surface area contributed by atoms with Crippen LogP contribution in [0.1, 0.15) is 17.0 Å². The van der Waals surface area contributed by atoms with Gasteiger partial charge in [-0.15, -0.1) is 0 Å². The van der Waals surface area contributed by atoms with E-state index in [0.717, 1.165) is 18.2 Å². The Morgan fingerprint density at radius 1 is 1.31 bits per heavy atom. The van der Waals surface area contributed by atoms with Crippen LogP contribution in [0, 0.1) is 23.0 Å². The van der Waals surface area contributed by atoms with Gasteiger partial charge in [-0.25, -0.2) is 13.6 Å². The molecule has 0 bridgehead atoms. The lowest BCUT2D eigenvalue weighted by molar-refractivity contribution is -0.120. The Morgan fingerprint density at radius 3 is 2.59 bits per heavy atom. The molecule has 150 valence electrons. The molecule has 2 atom stereocenters. The first-order chi connectivity index (χ1) is 13.8. The Bertz CT molecular complexity index is 999. The second-order valence-corrected chi connectivity index (χ2v) is 6.28. The summed E-state index contributed by atoms with van der Waals surface area (Å²) in [6, 6.07) is 5.57. The van der Waals surface area contributed by atoms with Gasteiger partial charge in [0.2, 0.25) is 5.91 Å². The number of phenols is 1. The van der Waals surface area contributed by atoms with Gasteiger partial charge in [0.25, 0.3) is 0 Å². The van der Waals surface area contributed by atoms with Crippen molar-refractivity contribution in [2.24, 2.45) is 0 Å². The molecule has 0 saturated carbocycles. The number of ether oxygens (including phenoxy) is 1. The number of methoxy groups -OCH3 is 1. The standard InChI is InChI=1S/C19H16F2N4O4/c1-29-11-5-13(20)16(14(21)6-11)12-8-23-18(27)17(12)25-19(28)24-10-3-2-9(7-22)15(26)4-10/h2-6,12,17,26H,8H2,1H3,(H,23,27)(H2,24,25,28). The van der Waals surface area contributed by atoms with E-state index < -0.39 is 35.5 Å². The van der Waals surface area contributed by atoms with Gasteiger partial charge in [0.1, 0.15) is 35.2 Å². The highest BCUT2D eigenvalue weighted by molar-refractivity contribution is 5.95. The summed E-state index contributed by atoms with van der Waals surface area (Å²) in [5.41, 5.74) is -0.155. The lowest BCUT2D eigenvalue weighted by atomic mass is 9.93. The molecule has 1 heterocycles. The molecule has 3 rings (SSSR count). The first-order valence-corrected chi connectivity index (χ1v) is 8.45. The van der Waals surface area contributed by atoms with E-state index in [1.165, 1.54) is 19.2 Å². The van der Waals surface area contributed by atoms with Gasteiger partial charge in [0, 0.05) is 41.9 Å². The molecule has 1 aliphatic heterocycles. The van der Waals surface area contributed by atoms with E-state index in [9.17, 15) is 23.5 Å². The van der Waals surface area contributed by atoms with Crippen LogP contribution in [-0.4, -0.2) is 36.7 Å². The molecule has 10 heteroatoms. The average Bonchev–Trinajstić information content (AvgIpc) is 3.01. The van der Waals surface area contributed by atoms with E-state index in [0.29, 0.717) is 0 Å². The maximum Gasteiger partial charge on any atom is 0.319 e. The van der Waals surface area contributed by atoms with Gasteiger partial charge in [-0.05, 0) is 12.1 Å². The predicted octanol–water partition coefficient (Wildman–Crippen LogP) is 1.95. The number of hydrogen-bond donors (Lipinski definition) is 4. The van der Waals surface area contributed by atoms with Gasteiger partial charge in [0.05, 0.1) is 12.7 Å². The molecule has 4 N–H and O–H groups in total. The van der Waals surface area contributed by atoms with E-state index in [1.54, 1.807) is 6.07 Å². The zero-order valence-corrected chi connectivity index (χ0v) is 15.1. The van der Waals surface area contributed by atoms with Crippen molar-refractivity contribution in [1.29, 1.82) is 5.26 Å². The number of anilines is 1. The van der Waals surface area contributed by atoms with Crippen molar-refractivity contribution in [3.8, 4) is 17.6 Å². The fourth-order valence-electron chi connectivity index (χ4n) is 3.10. The number of halogens is 2. The van der Waals surface area contributed by atoms with E-state index >= 15 is 0 Å². The third-order valence-electron chi connectivity index (χ3n) is 4.50. The van der Waals surface area contributed by atoms with Crippen LogP contribution in [0.4, 0.5) is 19.3 Å². The average molecular weight is 402 g/mol. The topological polar surface area (TPSA) is 123 Å². The molecule has 2 aromatic rings. The number of carbonyl (C=O) groups is 2. The number of aromatic hydroxyl groups is 1. The Kier molecular flexibility index (Phi) is 5.50. The summed E-state index contributed by atoms with van der Waals surface area (Å²) in [7, 11) is 1.27. The van der Waals surface area contributed by atoms with Crippen molar-refractivity contribution < 1.29 is 28.2 Å². The maximum absolute atomic E-state index is 14.4. The van der Waals surface area contributed by atoms with Gasteiger partial charge in [0.15, 0.2) is 0 Å². The molecule has 2 aromatic carbocycles. The van der Waals surface area contributed by atoms with Crippen LogP contribution in [0.2, 0.25) is 0 Å². The molecule has 0 radical (unpaired) electrons. The number of carbonyl (C=O) groups excluding carboxylic acids is 2. The molecule has 1 aliphatic rings. The summed E-state index contributed by atoms with van der Waals surface area (Å²) >= 11 is 0. The molecule has 0 aliphatic carbocycles. The van der Waals surface area contributed by atoms with Gasteiger partial charge < -0.3 is 25.8 Å². The van der Waals surface area contributed by atoms with Crippen molar-refractivity contribution in [2.45, 2.75) is 12.0 Å². The predicted molar refractivity (Wildman–Crippen MR) is 97.4 cm³/mol. The minimum Gasteiger partial charge on any atom is -0.506 e. The van der Waals surface area contributed by atoms with Crippen LogP contribution in [0.25, 0.3) is 0 Å². The second kappa shape index (κ2) is 8.02. The van der Waals surface area contributed by atoms with Crippen molar-refractivity contribution >= 4 is 17.6 Å². The van der Waals surface area contributed by atoms with Gasteiger partial charge >= 0.3 is 6.03 Å². The maximum atomic E-state index is 14.4. The quantitative estimate of drug-likeness (QED) is 0.623. The first kappa shape index (κ1) is 19.9. The van der Waals surface area contributed by atoms with Gasteiger partial charge in [-0.2, -0.15) is 5.26 Å². The summed E-state index contributed by atoms with van der Waals surface area (Å²) in [6.45, 7) is -0.0679. The fraction of sp³-hybridized carbons (Fsp3) is 0.211. The first-order valence-electron chi connectivity index (χ1n) is 8.45. The fourth-order valence-corrected chi connectivity index (χ4v) is 3.10. The van der Waals surface area contributed by atoms with Crippen molar-refractivity contribution in [3.63, 3.8) is 0 Å². The molecule has 1 saturated heterocycles. The van der Waals surface area contributed by atoms with Gasteiger partial charge in [-0.1, -0.05) is 0 Å². The number of nitriles is 1. The third-order valence-corrected chi connectivity index (χ3v) is 4.50. The summed E-state index contributed by atoms with van der Waals surface area (Å²) in [6.07, 6.45) is 0. The number of nitrogens with zero attached hydrogens (tertiary/aromatic N) is 1. The number of rotatable bonds is 4. The number of benzene rings is 2. The highest BCUT2D eigenvalue weighted by Gasteiger charge is 2.40. The molecule has 8 nitrogen and oxygen atoms in total. The van der Waals surface area contributed by atoms with E-state index in [-0.39, 0.29) is 34.9 Å². The monoisotopic (exact) mass is 402 g/mol. The molecule has 0 aromatic heterocycles. The molecule has 29 heavy (non-hydrogen) atoms. The summed E-state index contributed by atoms with van der Waals surface area (Å²) in [4.78, 5) is 24.4.